The van der Waals surface area contributed by atoms with E-state index in [2.05, 4.69) is 15.5 Å². The van der Waals surface area contributed by atoms with E-state index in [1.807, 2.05) is 36.4 Å². The van der Waals surface area contributed by atoms with Gasteiger partial charge in [0.15, 0.2) is 0 Å². The van der Waals surface area contributed by atoms with Crippen molar-refractivity contribution < 1.29 is 14.0 Å². The molecule has 2 amide bonds. The second-order valence-electron chi connectivity index (χ2n) is 8.16. The van der Waals surface area contributed by atoms with E-state index in [0.717, 1.165) is 24.2 Å². The highest BCUT2D eigenvalue weighted by molar-refractivity contribution is 6.35. The Morgan fingerprint density at radius 2 is 1.82 bits per heavy atom. The first kappa shape index (κ1) is 23.4. The summed E-state index contributed by atoms with van der Waals surface area (Å²) in [5, 5.41) is 6.76. The number of rotatable bonds is 10. The molecule has 2 N–H and O–H groups in total. The van der Waals surface area contributed by atoms with Crippen molar-refractivity contribution in [2.75, 3.05) is 11.9 Å². The van der Waals surface area contributed by atoms with Gasteiger partial charge < -0.3 is 15.1 Å². The molecule has 0 unspecified atom stereocenters. The Morgan fingerprint density at radius 3 is 2.52 bits per heavy atom. The van der Waals surface area contributed by atoms with Gasteiger partial charge in [-0.25, -0.2) is 0 Å². The zero-order valence-electron chi connectivity index (χ0n) is 18.0. The summed E-state index contributed by atoms with van der Waals surface area (Å²) in [7, 11) is 0. The Balaban J connectivity index is 1.36. The molecule has 0 spiro atoms. The van der Waals surface area contributed by atoms with E-state index in [0.29, 0.717) is 47.0 Å². The van der Waals surface area contributed by atoms with Crippen LogP contribution in [-0.2, 0) is 17.9 Å². The lowest BCUT2D eigenvalue weighted by Gasteiger charge is -2.21. The van der Waals surface area contributed by atoms with E-state index in [1.165, 1.54) is 0 Å². The van der Waals surface area contributed by atoms with Crippen LogP contribution in [0.25, 0.3) is 0 Å². The summed E-state index contributed by atoms with van der Waals surface area (Å²) in [4.78, 5) is 26.9. The molecule has 8 heteroatoms. The van der Waals surface area contributed by atoms with Crippen molar-refractivity contribution >= 4 is 40.7 Å². The number of carbonyl (C=O) groups excluding carboxylic acids is 2. The van der Waals surface area contributed by atoms with Gasteiger partial charge >= 0.3 is 0 Å². The molecule has 1 aliphatic rings. The van der Waals surface area contributed by atoms with Gasteiger partial charge in [-0.15, -0.1) is 0 Å². The maximum absolute atomic E-state index is 12.5. The van der Waals surface area contributed by atoms with Crippen LogP contribution in [0.2, 0.25) is 10.0 Å². The second-order valence-corrected chi connectivity index (χ2v) is 9.00. The maximum Gasteiger partial charge on any atom is 0.251 e. The largest absolute Gasteiger partial charge is 0.468 e. The molecule has 1 aliphatic carbocycles. The minimum atomic E-state index is -0.157. The van der Waals surface area contributed by atoms with Gasteiger partial charge in [0.2, 0.25) is 5.91 Å². The van der Waals surface area contributed by atoms with E-state index >= 15 is 0 Å². The molecule has 1 fully saturated rings. The SMILES string of the molecule is O=C(CCN(Cc1ccc(C(=O)NC2CC2)cc1)Cc1ccco1)Nc1cc(Cl)ccc1Cl. The number of amides is 2. The summed E-state index contributed by atoms with van der Waals surface area (Å²) in [6, 6.07) is 16.6. The highest BCUT2D eigenvalue weighted by atomic mass is 35.5. The third kappa shape index (κ3) is 7.09. The number of anilines is 1. The molecule has 0 radical (unpaired) electrons. The predicted molar refractivity (Wildman–Crippen MR) is 129 cm³/mol. The Labute approximate surface area is 202 Å². The molecule has 1 saturated carbocycles. The van der Waals surface area contributed by atoms with Gasteiger partial charge in [-0.3, -0.25) is 14.5 Å². The zero-order chi connectivity index (χ0) is 23.2. The van der Waals surface area contributed by atoms with Crippen LogP contribution in [-0.4, -0.2) is 29.3 Å². The molecule has 1 heterocycles. The lowest BCUT2D eigenvalue weighted by atomic mass is 10.1. The fourth-order valence-electron chi connectivity index (χ4n) is 3.42. The fraction of sp³-hybridized carbons (Fsp3) is 0.280. The quantitative estimate of drug-likeness (QED) is 0.396. The lowest BCUT2D eigenvalue weighted by molar-refractivity contribution is -0.116. The van der Waals surface area contributed by atoms with Gasteiger partial charge in [0.1, 0.15) is 5.76 Å². The third-order valence-corrected chi connectivity index (χ3v) is 5.92. The van der Waals surface area contributed by atoms with E-state index in [4.69, 9.17) is 27.6 Å². The summed E-state index contributed by atoms with van der Waals surface area (Å²) in [5.41, 5.74) is 2.19. The summed E-state index contributed by atoms with van der Waals surface area (Å²) < 4.78 is 5.50. The average molecular weight is 486 g/mol. The van der Waals surface area contributed by atoms with Crippen LogP contribution in [0.4, 0.5) is 5.69 Å². The van der Waals surface area contributed by atoms with Crippen LogP contribution in [0.3, 0.4) is 0 Å². The first-order valence-electron chi connectivity index (χ1n) is 10.9. The molecule has 172 valence electrons. The van der Waals surface area contributed by atoms with Crippen molar-refractivity contribution in [1.29, 1.82) is 0 Å². The van der Waals surface area contributed by atoms with Crippen molar-refractivity contribution in [3.05, 3.63) is 87.8 Å². The number of nitrogens with zero attached hydrogens (tertiary/aromatic N) is 1. The monoisotopic (exact) mass is 485 g/mol. The molecule has 1 aromatic heterocycles. The number of nitrogens with one attached hydrogen (secondary N) is 2. The minimum absolute atomic E-state index is 0.0344. The number of hydrogen-bond donors (Lipinski definition) is 2. The lowest BCUT2D eigenvalue weighted by Crippen LogP contribution is -2.27. The third-order valence-electron chi connectivity index (χ3n) is 5.35. The maximum atomic E-state index is 12.5. The standard InChI is InChI=1S/C25H25Cl2N3O3/c26-19-7-10-22(27)23(14-19)29-24(31)11-12-30(16-21-2-1-13-33-21)15-17-3-5-18(6-4-17)25(32)28-20-8-9-20/h1-7,10,13-14,20H,8-9,11-12,15-16H2,(H,28,32)(H,29,31). The van der Waals surface area contributed by atoms with E-state index in [9.17, 15) is 9.59 Å². The normalized spacial score (nSPS) is 13.2. The van der Waals surface area contributed by atoms with Crippen molar-refractivity contribution in [2.24, 2.45) is 0 Å². The van der Waals surface area contributed by atoms with E-state index < -0.39 is 0 Å². The van der Waals surface area contributed by atoms with Gasteiger partial charge in [0.05, 0.1) is 23.5 Å². The van der Waals surface area contributed by atoms with E-state index in [1.54, 1.807) is 24.5 Å². The number of benzene rings is 2. The molecule has 2 aromatic carbocycles. The van der Waals surface area contributed by atoms with Gasteiger partial charge in [0.25, 0.3) is 5.91 Å². The summed E-state index contributed by atoms with van der Waals surface area (Å²) in [6.45, 7) is 1.67. The van der Waals surface area contributed by atoms with Crippen LogP contribution in [0, 0.1) is 0 Å². The molecule has 0 saturated heterocycles. The molecule has 33 heavy (non-hydrogen) atoms. The summed E-state index contributed by atoms with van der Waals surface area (Å²) >= 11 is 12.1. The molecule has 4 rings (SSSR count). The van der Waals surface area contributed by atoms with Crippen LogP contribution in [0.1, 0.15) is 40.9 Å². The average Bonchev–Trinajstić information content (AvgIpc) is 3.46. The smallest absolute Gasteiger partial charge is 0.251 e. The topological polar surface area (TPSA) is 74.6 Å². The Bertz CT molecular complexity index is 1100. The van der Waals surface area contributed by atoms with E-state index in [-0.39, 0.29) is 18.2 Å². The predicted octanol–water partition coefficient (Wildman–Crippen LogP) is 5.51. The van der Waals surface area contributed by atoms with Gasteiger partial charge in [-0.2, -0.15) is 0 Å². The minimum Gasteiger partial charge on any atom is -0.468 e. The Hall–Kier alpha value is -2.80. The van der Waals surface area contributed by atoms with Crippen LogP contribution in [0.15, 0.2) is 65.3 Å². The van der Waals surface area contributed by atoms with Gasteiger partial charge in [-0.1, -0.05) is 35.3 Å². The van der Waals surface area contributed by atoms with Crippen LogP contribution < -0.4 is 10.6 Å². The summed E-state index contributed by atoms with van der Waals surface area (Å²) in [5.74, 6) is 0.622. The number of carbonyl (C=O) groups is 2. The van der Waals surface area contributed by atoms with Gasteiger partial charge in [0, 0.05) is 36.1 Å². The summed E-state index contributed by atoms with van der Waals surface area (Å²) in [6.07, 6.45) is 4.02. The number of halogens is 2. The second kappa shape index (κ2) is 10.9. The van der Waals surface area contributed by atoms with Crippen LogP contribution >= 0.6 is 23.2 Å². The first-order chi connectivity index (χ1) is 16.0. The van der Waals surface area contributed by atoms with Crippen molar-refractivity contribution in [2.45, 2.75) is 38.4 Å². The van der Waals surface area contributed by atoms with Crippen molar-refractivity contribution in [3.63, 3.8) is 0 Å². The fourth-order valence-corrected chi connectivity index (χ4v) is 3.76. The van der Waals surface area contributed by atoms with Gasteiger partial charge in [-0.05, 0) is 60.9 Å². The molecule has 0 bridgehead atoms. The molecule has 0 atom stereocenters. The van der Waals surface area contributed by atoms with Crippen molar-refractivity contribution in [3.8, 4) is 0 Å². The highest BCUT2D eigenvalue weighted by Crippen LogP contribution is 2.25. The molecule has 6 nitrogen and oxygen atoms in total. The first-order valence-corrected chi connectivity index (χ1v) is 11.6. The Kier molecular flexibility index (Phi) is 7.70. The zero-order valence-corrected chi connectivity index (χ0v) is 19.5. The molecule has 3 aromatic rings. The number of furan rings is 1. The molecule has 0 aliphatic heterocycles. The van der Waals surface area contributed by atoms with Crippen molar-refractivity contribution in [1.82, 2.24) is 10.2 Å². The van der Waals surface area contributed by atoms with Crippen LogP contribution in [0.5, 0.6) is 0 Å². The molecular weight excluding hydrogens is 461 g/mol. The number of hydrogen-bond acceptors (Lipinski definition) is 4. The highest BCUT2D eigenvalue weighted by Gasteiger charge is 2.23. The Morgan fingerprint density at radius 1 is 1.03 bits per heavy atom. The molecular formula is C25H25Cl2N3O3.